The van der Waals surface area contributed by atoms with Crippen molar-refractivity contribution in [2.24, 2.45) is 0 Å². The van der Waals surface area contributed by atoms with Crippen LogP contribution in [0.1, 0.15) is 44.1 Å². The van der Waals surface area contributed by atoms with Gasteiger partial charge in [-0.25, -0.2) is 9.59 Å². The van der Waals surface area contributed by atoms with Crippen LogP contribution in [-0.2, 0) is 9.59 Å². The molecule has 1 aromatic carbocycles. The monoisotopic (exact) mass is 449 g/mol. The first-order chi connectivity index (χ1) is 12.3. The average molecular weight is 451 g/mol. The molecule has 1 aliphatic carbocycles. The van der Waals surface area contributed by atoms with E-state index in [0.717, 1.165) is 46.4 Å². The number of carboxylic acid groups (broad SMARTS) is 2. The fourth-order valence-corrected chi connectivity index (χ4v) is 3.79. The lowest BCUT2D eigenvalue weighted by Crippen LogP contribution is -2.27. The molecule has 0 unspecified atom stereocenters. The third-order valence-electron chi connectivity index (χ3n) is 3.98. The molecule has 2 rings (SSSR count). The van der Waals surface area contributed by atoms with Crippen molar-refractivity contribution in [1.29, 1.82) is 0 Å². The van der Waals surface area contributed by atoms with Gasteiger partial charge < -0.3 is 20.3 Å². The predicted molar refractivity (Wildman–Crippen MR) is 104 cm³/mol. The van der Waals surface area contributed by atoms with Gasteiger partial charge in [0.2, 0.25) is 0 Å². The van der Waals surface area contributed by atoms with Gasteiger partial charge in [-0.1, -0.05) is 24.4 Å². The number of carboxylic acids is 2. The van der Waals surface area contributed by atoms with E-state index in [-0.39, 0.29) is 0 Å². The molecule has 0 saturated heterocycles. The van der Waals surface area contributed by atoms with E-state index in [1.54, 1.807) is 0 Å². The summed E-state index contributed by atoms with van der Waals surface area (Å²) < 4.78 is 6.80. The second-order valence-corrected chi connectivity index (χ2v) is 7.43. The normalized spacial score (nSPS) is 13.8. The van der Waals surface area contributed by atoms with E-state index in [1.165, 1.54) is 32.1 Å². The Kier molecular flexibility index (Phi) is 10.6. The first-order valence-corrected chi connectivity index (χ1v) is 9.76. The number of carbonyl (C=O) groups is 2. The summed E-state index contributed by atoms with van der Waals surface area (Å²) in [5, 5.41) is 19.1. The number of hydrogen-bond acceptors (Lipinski definition) is 4. The molecule has 0 aliphatic heterocycles. The largest absolute Gasteiger partial charge is 0.492 e. The molecule has 3 N–H and O–H groups in total. The van der Waals surface area contributed by atoms with Gasteiger partial charge in [0.1, 0.15) is 5.75 Å². The fraction of sp³-hybridized carbons (Fsp3) is 0.556. The maximum atomic E-state index is 9.10. The van der Waals surface area contributed by atoms with Gasteiger partial charge in [-0.05, 0) is 72.8 Å². The number of aryl methyl sites for hydroxylation is 1. The second-order valence-electron chi connectivity index (χ2n) is 6.14. The van der Waals surface area contributed by atoms with Gasteiger partial charge in [-0.3, -0.25) is 0 Å². The number of unbranched alkanes of at least 4 members (excludes halogenated alkanes) is 1. The zero-order valence-corrected chi connectivity index (χ0v) is 17.1. The van der Waals surface area contributed by atoms with Crippen LogP contribution in [0.25, 0.3) is 0 Å². The summed E-state index contributed by atoms with van der Waals surface area (Å²) in [5.41, 5.74) is 1.08. The molecular weight excluding hydrogens is 426 g/mol. The number of halogens is 2. The molecule has 0 amide bonds. The Hall–Kier alpha value is -1.31. The van der Waals surface area contributed by atoms with Gasteiger partial charge in [-0.15, -0.1) is 0 Å². The number of hydrogen-bond donors (Lipinski definition) is 3. The van der Waals surface area contributed by atoms with Crippen LogP contribution in [-0.4, -0.2) is 41.3 Å². The molecule has 0 heterocycles. The molecular formula is C18H25BrClNO5. The summed E-state index contributed by atoms with van der Waals surface area (Å²) in [7, 11) is 0. The Morgan fingerprint density at radius 1 is 1.23 bits per heavy atom. The van der Waals surface area contributed by atoms with Crippen molar-refractivity contribution in [3.05, 3.63) is 27.2 Å². The lowest BCUT2D eigenvalue weighted by Gasteiger charge is -2.13. The number of rotatable bonds is 7. The first-order valence-electron chi connectivity index (χ1n) is 8.59. The van der Waals surface area contributed by atoms with Crippen LogP contribution in [0, 0.1) is 6.92 Å². The van der Waals surface area contributed by atoms with Gasteiger partial charge in [-0.2, -0.15) is 0 Å². The summed E-state index contributed by atoms with van der Waals surface area (Å²) in [6.45, 7) is 3.88. The molecule has 26 heavy (non-hydrogen) atoms. The summed E-state index contributed by atoms with van der Waals surface area (Å²) in [6.07, 6.45) is 7.74. The molecule has 1 saturated carbocycles. The van der Waals surface area contributed by atoms with E-state index in [9.17, 15) is 0 Å². The van der Waals surface area contributed by atoms with Gasteiger partial charge >= 0.3 is 11.9 Å². The van der Waals surface area contributed by atoms with E-state index < -0.39 is 11.9 Å². The molecule has 1 aliphatic rings. The Labute approximate surface area is 167 Å². The Bertz CT molecular complexity index is 570. The average Bonchev–Trinajstić information content (AvgIpc) is 3.06. The van der Waals surface area contributed by atoms with E-state index in [2.05, 4.69) is 21.2 Å². The van der Waals surface area contributed by atoms with Crippen molar-refractivity contribution in [3.8, 4) is 5.75 Å². The van der Waals surface area contributed by atoms with Gasteiger partial charge in [0.15, 0.2) is 0 Å². The van der Waals surface area contributed by atoms with Gasteiger partial charge in [0.05, 0.1) is 11.1 Å². The van der Waals surface area contributed by atoms with E-state index in [1.807, 2.05) is 19.1 Å². The molecule has 8 heteroatoms. The minimum absolute atomic E-state index is 0.738. The number of ether oxygens (including phenoxy) is 1. The summed E-state index contributed by atoms with van der Waals surface area (Å²) in [5.74, 6) is -2.73. The fourth-order valence-electron chi connectivity index (χ4n) is 2.71. The minimum Gasteiger partial charge on any atom is -0.492 e. The lowest BCUT2D eigenvalue weighted by atomic mass is 10.2. The van der Waals surface area contributed by atoms with Crippen molar-refractivity contribution in [1.82, 2.24) is 5.32 Å². The first kappa shape index (κ1) is 22.7. The van der Waals surface area contributed by atoms with Crippen LogP contribution in [0.4, 0.5) is 0 Å². The predicted octanol–water partition coefficient (Wildman–Crippen LogP) is 4.26. The minimum atomic E-state index is -1.82. The number of nitrogens with one attached hydrogen (secondary N) is 1. The smallest absolute Gasteiger partial charge is 0.414 e. The highest BCUT2D eigenvalue weighted by Crippen LogP contribution is 2.32. The Morgan fingerprint density at radius 3 is 2.38 bits per heavy atom. The van der Waals surface area contributed by atoms with Crippen LogP contribution < -0.4 is 10.1 Å². The highest BCUT2D eigenvalue weighted by Gasteiger charge is 2.13. The number of aliphatic carboxylic acids is 2. The third-order valence-corrected chi connectivity index (χ3v) is 4.79. The van der Waals surface area contributed by atoms with Crippen LogP contribution >= 0.6 is 27.5 Å². The van der Waals surface area contributed by atoms with E-state index >= 15 is 0 Å². The molecule has 146 valence electrons. The van der Waals surface area contributed by atoms with Crippen LogP contribution in [0.5, 0.6) is 5.75 Å². The molecule has 0 spiro atoms. The standard InChI is InChI=1S/C16H23BrClNO.C2H2O4/c1-12-10-13(18)11-15(17)16(12)20-9-5-4-8-19-14-6-2-3-7-14;3-1(4)2(5)6/h10-11,14,19H,2-9H2,1H3;(H,3,4)(H,5,6). The molecule has 1 fully saturated rings. The summed E-state index contributed by atoms with van der Waals surface area (Å²) >= 11 is 9.50. The van der Waals surface area contributed by atoms with Crippen molar-refractivity contribution in [2.45, 2.75) is 51.5 Å². The third kappa shape index (κ3) is 8.87. The van der Waals surface area contributed by atoms with E-state index in [4.69, 9.17) is 36.1 Å². The van der Waals surface area contributed by atoms with Crippen molar-refractivity contribution in [3.63, 3.8) is 0 Å². The van der Waals surface area contributed by atoms with Crippen LogP contribution in [0.15, 0.2) is 16.6 Å². The van der Waals surface area contributed by atoms with Crippen molar-refractivity contribution < 1.29 is 24.5 Å². The zero-order chi connectivity index (χ0) is 19.5. The second kappa shape index (κ2) is 12.1. The topological polar surface area (TPSA) is 95.9 Å². The highest BCUT2D eigenvalue weighted by atomic mass is 79.9. The van der Waals surface area contributed by atoms with Crippen LogP contribution in [0.3, 0.4) is 0 Å². The van der Waals surface area contributed by atoms with Gasteiger partial charge in [0.25, 0.3) is 0 Å². The van der Waals surface area contributed by atoms with Gasteiger partial charge in [0, 0.05) is 11.1 Å². The maximum Gasteiger partial charge on any atom is 0.414 e. The summed E-state index contributed by atoms with van der Waals surface area (Å²) in [4.78, 5) is 18.2. The number of benzene rings is 1. The molecule has 0 radical (unpaired) electrons. The maximum absolute atomic E-state index is 9.10. The highest BCUT2D eigenvalue weighted by molar-refractivity contribution is 9.10. The SMILES string of the molecule is Cc1cc(Cl)cc(Br)c1OCCCCNC1CCCC1.O=C(O)C(=O)O. The van der Waals surface area contributed by atoms with Crippen molar-refractivity contribution >= 4 is 39.5 Å². The lowest BCUT2D eigenvalue weighted by molar-refractivity contribution is -0.159. The Balaban J connectivity index is 0.000000487. The molecule has 1 aromatic rings. The molecule has 0 atom stereocenters. The zero-order valence-electron chi connectivity index (χ0n) is 14.8. The summed E-state index contributed by atoms with van der Waals surface area (Å²) in [6, 6.07) is 4.58. The molecule has 0 bridgehead atoms. The molecule has 6 nitrogen and oxygen atoms in total. The quantitative estimate of drug-likeness (QED) is 0.424. The van der Waals surface area contributed by atoms with Crippen molar-refractivity contribution in [2.75, 3.05) is 13.2 Å². The van der Waals surface area contributed by atoms with E-state index in [0.29, 0.717) is 0 Å². The van der Waals surface area contributed by atoms with Crippen LogP contribution in [0.2, 0.25) is 5.02 Å². The Morgan fingerprint density at radius 2 is 1.85 bits per heavy atom. The molecule has 0 aromatic heterocycles.